The van der Waals surface area contributed by atoms with E-state index in [9.17, 15) is 14.0 Å². The van der Waals surface area contributed by atoms with Crippen LogP contribution < -0.4 is 4.74 Å². The van der Waals surface area contributed by atoms with Crippen molar-refractivity contribution in [3.63, 3.8) is 0 Å². The summed E-state index contributed by atoms with van der Waals surface area (Å²) in [4.78, 5) is 26.1. The minimum absolute atomic E-state index is 0.0504. The number of likely N-dealkylation sites (tertiary alicyclic amines) is 1. The summed E-state index contributed by atoms with van der Waals surface area (Å²) < 4.78 is 25.1. The number of benzene rings is 1. The summed E-state index contributed by atoms with van der Waals surface area (Å²) in [5.74, 6) is 0.0966. The third-order valence-corrected chi connectivity index (χ3v) is 5.14. The quantitative estimate of drug-likeness (QED) is 0.834. The van der Waals surface area contributed by atoms with E-state index in [1.165, 1.54) is 6.07 Å². The fourth-order valence-electron chi connectivity index (χ4n) is 3.45. The van der Waals surface area contributed by atoms with Crippen molar-refractivity contribution in [3.05, 3.63) is 29.6 Å². The molecule has 1 aromatic rings. The fraction of sp³-hybridized carbons (Fsp3) is 0.556. The molecule has 0 aromatic heterocycles. The SMILES string of the molecule is O=C1CC2(CCN(C(=O)OCC3CC3)CC2)Oc2cccc(F)c21. The molecule has 0 atom stereocenters. The van der Waals surface area contributed by atoms with Crippen LogP contribution in [0.15, 0.2) is 18.2 Å². The molecule has 1 amide bonds. The second-order valence-electron chi connectivity index (χ2n) is 7.01. The first-order valence-corrected chi connectivity index (χ1v) is 8.49. The van der Waals surface area contributed by atoms with Gasteiger partial charge in [-0.25, -0.2) is 9.18 Å². The number of rotatable bonds is 2. The minimum atomic E-state index is -0.634. The summed E-state index contributed by atoms with van der Waals surface area (Å²) in [5, 5.41) is 0. The molecule has 1 spiro atoms. The van der Waals surface area contributed by atoms with Crippen molar-refractivity contribution in [3.8, 4) is 5.75 Å². The van der Waals surface area contributed by atoms with Gasteiger partial charge < -0.3 is 14.4 Å². The maximum atomic E-state index is 13.8. The van der Waals surface area contributed by atoms with Crippen LogP contribution in [0.2, 0.25) is 0 Å². The van der Waals surface area contributed by atoms with Crippen LogP contribution in [0.25, 0.3) is 0 Å². The number of hydrogen-bond acceptors (Lipinski definition) is 4. The number of fused-ring (bicyclic) bond motifs is 1. The van der Waals surface area contributed by atoms with Gasteiger partial charge in [-0.15, -0.1) is 0 Å². The van der Waals surface area contributed by atoms with E-state index in [1.807, 2.05) is 0 Å². The highest BCUT2D eigenvalue weighted by molar-refractivity contribution is 6.00. The summed E-state index contributed by atoms with van der Waals surface area (Å²) in [7, 11) is 0. The van der Waals surface area contributed by atoms with Crippen molar-refractivity contribution in [1.29, 1.82) is 0 Å². The average molecular weight is 333 g/mol. The maximum Gasteiger partial charge on any atom is 0.409 e. The highest BCUT2D eigenvalue weighted by Gasteiger charge is 2.44. The number of piperidine rings is 1. The van der Waals surface area contributed by atoms with E-state index >= 15 is 0 Å². The zero-order valence-corrected chi connectivity index (χ0v) is 13.4. The Hall–Kier alpha value is -2.11. The van der Waals surface area contributed by atoms with Crippen molar-refractivity contribution in [1.82, 2.24) is 4.90 Å². The number of ketones is 1. The van der Waals surface area contributed by atoms with Crippen molar-refractivity contribution >= 4 is 11.9 Å². The maximum absolute atomic E-state index is 13.8. The van der Waals surface area contributed by atoms with Crippen LogP contribution in [0.5, 0.6) is 5.75 Å². The van der Waals surface area contributed by atoms with Crippen molar-refractivity contribution in [2.45, 2.75) is 37.7 Å². The molecule has 24 heavy (non-hydrogen) atoms. The third kappa shape index (κ3) is 2.85. The molecule has 1 saturated carbocycles. The Morgan fingerprint density at radius 3 is 2.79 bits per heavy atom. The zero-order chi connectivity index (χ0) is 16.7. The van der Waals surface area contributed by atoms with E-state index in [4.69, 9.17) is 9.47 Å². The Morgan fingerprint density at radius 2 is 2.08 bits per heavy atom. The molecule has 4 rings (SSSR count). The summed E-state index contributed by atoms with van der Waals surface area (Å²) in [6, 6.07) is 4.45. The molecular formula is C18H20FNO4. The van der Waals surface area contributed by atoms with E-state index in [0.717, 1.165) is 12.8 Å². The Labute approximate surface area is 139 Å². The van der Waals surface area contributed by atoms with Crippen LogP contribution >= 0.6 is 0 Å². The van der Waals surface area contributed by atoms with Gasteiger partial charge >= 0.3 is 6.09 Å². The first-order valence-electron chi connectivity index (χ1n) is 8.49. The first-order chi connectivity index (χ1) is 11.6. The van der Waals surface area contributed by atoms with Gasteiger partial charge in [-0.2, -0.15) is 0 Å². The van der Waals surface area contributed by atoms with Crippen molar-refractivity contribution in [2.75, 3.05) is 19.7 Å². The summed E-state index contributed by atoms with van der Waals surface area (Å²) in [5.41, 5.74) is -0.583. The lowest BCUT2D eigenvalue weighted by Crippen LogP contribution is -2.52. The van der Waals surface area contributed by atoms with Gasteiger partial charge in [0, 0.05) is 25.9 Å². The topological polar surface area (TPSA) is 55.8 Å². The number of nitrogens with zero attached hydrogens (tertiary/aromatic N) is 1. The van der Waals surface area contributed by atoms with Crippen LogP contribution in [0, 0.1) is 11.7 Å². The summed E-state index contributed by atoms with van der Waals surface area (Å²) in [6.45, 7) is 1.48. The summed E-state index contributed by atoms with van der Waals surface area (Å²) in [6.07, 6.45) is 3.25. The predicted molar refractivity (Wildman–Crippen MR) is 83.6 cm³/mol. The standard InChI is InChI=1S/C18H20FNO4/c19-13-2-1-3-15-16(13)14(21)10-18(24-15)6-8-20(9-7-18)17(22)23-11-12-4-5-12/h1-3,12H,4-11H2. The Bertz CT molecular complexity index is 678. The van der Waals surface area contributed by atoms with E-state index in [-0.39, 0.29) is 23.9 Å². The van der Waals surface area contributed by atoms with E-state index in [0.29, 0.717) is 44.2 Å². The fourth-order valence-corrected chi connectivity index (χ4v) is 3.45. The zero-order valence-electron chi connectivity index (χ0n) is 13.4. The summed E-state index contributed by atoms with van der Waals surface area (Å²) >= 11 is 0. The molecule has 0 N–H and O–H groups in total. The smallest absolute Gasteiger partial charge is 0.409 e. The first kappa shape index (κ1) is 15.4. The molecule has 2 aliphatic heterocycles. The molecule has 1 aliphatic carbocycles. The number of carbonyl (C=O) groups excluding carboxylic acids is 2. The number of halogens is 1. The lowest BCUT2D eigenvalue weighted by atomic mass is 9.82. The van der Waals surface area contributed by atoms with E-state index in [2.05, 4.69) is 0 Å². The third-order valence-electron chi connectivity index (χ3n) is 5.14. The van der Waals surface area contributed by atoms with Gasteiger partial charge in [0.1, 0.15) is 17.2 Å². The minimum Gasteiger partial charge on any atom is -0.486 e. The van der Waals surface area contributed by atoms with Gasteiger partial charge in [0.2, 0.25) is 0 Å². The number of carbonyl (C=O) groups is 2. The molecule has 0 radical (unpaired) electrons. The second kappa shape index (κ2) is 5.76. The molecule has 0 bridgehead atoms. The van der Waals surface area contributed by atoms with Crippen molar-refractivity contribution in [2.24, 2.45) is 5.92 Å². The molecule has 6 heteroatoms. The van der Waals surface area contributed by atoms with Gasteiger partial charge in [-0.3, -0.25) is 4.79 Å². The molecule has 128 valence electrons. The molecule has 3 aliphatic rings. The monoisotopic (exact) mass is 333 g/mol. The van der Waals surface area contributed by atoms with Gasteiger partial charge in [0.25, 0.3) is 0 Å². The van der Waals surface area contributed by atoms with E-state index < -0.39 is 11.4 Å². The Morgan fingerprint density at radius 1 is 1.33 bits per heavy atom. The van der Waals surface area contributed by atoms with Crippen molar-refractivity contribution < 1.29 is 23.5 Å². The highest BCUT2D eigenvalue weighted by Crippen LogP contribution is 2.40. The van der Waals surface area contributed by atoms with Crippen LogP contribution in [-0.4, -0.2) is 42.1 Å². The Balaban J connectivity index is 1.41. The molecule has 2 fully saturated rings. The van der Waals surface area contributed by atoms with Gasteiger partial charge in [0.05, 0.1) is 18.6 Å². The molecule has 2 heterocycles. The predicted octanol–water partition coefficient (Wildman–Crippen LogP) is 3.17. The molecule has 1 saturated heterocycles. The number of hydrogen-bond donors (Lipinski definition) is 0. The lowest BCUT2D eigenvalue weighted by molar-refractivity contribution is -0.00989. The van der Waals surface area contributed by atoms with Gasteiger partial charge in [0.15, 0.2) is 5.78 Å². The normalized spacial score (nSPS) is 22.0. The lowest BCUT2D eigenvalue weighted by Gasteiger charge is -2.43. The molecule has 5 nitrogen and oxygen atoms in total. The van der Waals surface area contributed by atoms with E-state index in [1.54, 1.807) is 17.0 Å². The number of ether oxygens (including phenoxy) is 2. The number of amides is 1. The molecular weight excluding hydrogens is 313 g/mol. The van der Waals surface area contributed by atoms with Gasteiger partial charge in [-0.1, -0.05) is 6.07 Å². The average Bonchev–Trinajstić information content (AvgIpc) is 3.37. The largest absolute Gasteiger partial charge is 0.486 e. The van der Waals surface area contributed by atoms with Crippen LogP contribution in [0.4, 0.5) is 9.18 Å². The molecule has 1 aromatic carbocycles. The van der Waals surface area contributed by atoms with Crippen LogP contribution in [0.3, 0.4) is 0 Å². The number of Topliss-reactive ketones (excluding diaryl/α,β-unsaturated/α-hetero) is 1. The molecule has 0 unspecified atom stereocenters. The highest BCUT2D eigenvalue weighted by atomic mass is 19.1. The van der Waals surface area contributed by atoms with Crippen LogP contribution in [-0.2, 0) is 4.74 Å². The van der Waals surface area contributed by atoms with Crippen LogP contribution in [0.1, 0.15) is 42.5 Å². The second-order valence-corrected chi connectivity index (χ2v) is 7.01. The Kier molecular flexibility index (Phi) is 3.70. The van der Waals surface area contributed by atoms with Gasteiger partial charge in [-0.05, 0) is 30.9 Å².